The Morgan fingerprint density at radius 1 is 1.24 bits per heavy atom. The number of aromatic nitrogens is 1. The molecule has 0 aliphatic rings. The first-order chi connectivity index (χ1) is 10.2. The number of rotatable bonds is 3. The smallest absolute Gasteiger partial charge is 0.253 e. The Hall–Kier alpha value is -2.60. The lowest BCUT2D eigenvalue weighted by Gasteiger charge is -2.12. The van der Waals surface area contributed by atoms with Crippen LogP contribution in [0.15, 0.2) is 41.9 Å². The van der Waals surface area contributed by atoms with Crippen molar-refractivity contribution in [3.05, 3.63) is 47.5 Å². The molecule has 0 unspecified atom stereocenters. The first-order valence-electron chi connectivity index (χ1n) is 6.39. The Balaban J connectivity index is 1.99. The van der Waals surface area contributed by atoms with Crippen molar-refractivity contribution in [1.29, 1.82) is 0 Å². The van der Waals surface area contributed by atoms with E-state index in [0.29, 0.717) is 16.9 Å². The minimum absolute atomic E-state index is 0.156. The van der Waals surface area contributed by atoms with E-state index in [2.05, 4.69) is 15.6 Å². The van der Waals surface area contributed by atoms with Crippen LogP contribution in [0.25, 0.3) is 10.2 Å². The first-order valence-corrected chi connectivity index (χ1v) is 7.27. The van der Waals surface area contributed by atoms with Crippen LogP contribution in [0, 0.1) is 0 Å². The number of carbonyl (C=O) groups excluding carboxylic acids is 1. The lowest BCUT2D eigenvalue weighted by Crippen LogP contribution is -2.19. The van der Waals surface area contributed by atoms with Crippen LogP contribution >= 0.6 is 11.3 Å². The molecule has 21 heavy (non-hydrogen) atoms. The highest BCUT2D eigenvalue weighted by Crippen LogP contribution is 2.27. The van der Waals surface area contributed by atoms with Crippen molar-refractivity contribution in [3.8, 4) is 0 Å². The third kappa shape index (κ3) is 2.66. The number of thiazole rings is 1. The maximum absolute atomic E-state index is 11.9. The van der Waals surface area contributed by atoms with Crippen molar-refractivity contribution < 1.29 is 4.79 Å². The van der Waals surface area contributed by atoms with Gasteiger partial charge in [-0.1, -0.05) is 0 Å². The molecule has 0 bridgehead atoms. The Morgan fingerprint density at radius 2 is 2.10 bits per heavy atom. The van der Waals surface area contributed by atoms with Gasteiger partial charge in [-0.15, -0.1) is 11.3 Å². The van der Waals surface area contributed by atoms with Crippen molar-refractivity contribution in [2.45, 2.75) is 0 Å². The van der Waals surface area contributed by atoms with Gasteiger partial charge < -0.3 is 16.4 Å². The number of amides is 1. The molecular formula is C15H14N4OS. The second-order valence-electron chi connectivity index (χ2n) is 4.54. The van der Waals surface area contributed by atoms with Crippen LogP contribution in [0.5, 0.6) is 0 Å². The molecule has 0 spiro atoms. The van der Waals surface area contributed by atoms with E-state index < -0.39 is 0 Å². The lowest BCUT2D eigenvalue weighted by atomic mass is 10.1. The summed E-state index contributed by atoms with van der Waals surface area (Å²) in [5.41, 5.74) is 11.3. The second-order valence-corrected chi connectivity index (χ2v) is 5.43. The normalized spacial score (nSPS) is 10.5. The van der Waals surface area contributed by atoms with Gasteiger partial charge in [0.2, 0.25) is 0 Å². The average Bonchev–Trinajstić information content (AvgIpc) is 2.94. The van der Waals surface area contributed by atoms with Gasteiger partial charge in [0.1, 0.15) is 0 Å². The molecule has 3 rings (SSSR count). The molecule has 0 aliphatic carbocycles. The highest BCUT2D eigenvalue weighted by Gasteiger charge is 2.11. The summed E-state index contributed by atoms with van der Waals surface area (Å²) in [4.78, 5) is 16.2. The van der Waals surface area contributed by atoms with Crippen molar-refractivity contribution in [2.75, 3.05) is 18.1 Å². The van der Waals surface area contributed by atoms with Crippen LogP contribution in [-0.4, -0.2) is 17.9 Å². The van der Waals surface area contributed by atoms with E-state index in [1.807, 2.05) is 23.7 Å². The zero-order valence-corrected chi connectivity index (χ0v) is 12.2. The first kappa shape index (κ1) is 13.4. The molecule has 1 aromatic heterocycles. The quantitative estimate of drug-likeness (QED) is 0.649. The van der Waals surface area contributed by atoms with E-state index in [9.17, 15) is 4.79 Å². The summed E-state index contributed by atoms with van der Waals surface area (Å²) >= 11 is 1.58. The summed E-state index contributed by atoms with van der Waals surface area (Å²) in [7, 11) is 1.60. The fraction of sp³-hybridized carbons (Fsp3) is 0.0667. The minimum Gasteiger partial charge on any atom is -0.399 e. The third-order valence-electron chi connectivity index (χ3n) is 3.13. The third-order valence-corrected chi connectivity index (χ3v) is 3.92. The summed E-state index contributed by atoms with van der Waals surface area (Å²) < 4.78 is 1.09. The van der Waals surface area contributed by atoms with Gasteiger partial charge >= 0.3 is 0 Å². The molecule has 1 amide bonds. The number of nitrogens with zero attached hydrogens (tertiary/aromatic N) is 1. The lowest BCUT2D eigenvalue weighted by molar-refractivity contribution is 0.0964. The molecule has 1 heterocycles. The van der Waals surface area contributed by atoms with E-state index in [4.69, 9.17) is 5.73 Å². The Kier molecular flexibility index (Phi) is 3.45. The standard InChI is InChI=1S/C15H14N4OS/c1-17-15(20)11-4-2-9(16)6-13(11)19-10-3-5-12-14(7-10)21-8-18-12/h2-8,19H,16H2,1H3,(H,17,20). The monoisotopic (exact) mass is 298 g/mol. The van der Waals surface area contributed by atoms with Crippen LogP contribution < -0.4 is 16.4 Å². The molecule has 0 aliphatic heterocycles. The largest absolute Gasteiger partial charge is 0.399 e. The van der Waals surface area contributed by atoms with Gasteiger partial charge in [-0.3, -0.25) is 4.79 Å². The molecule has 5 nitrogen and oxygen atoms in total. The predicted molar refractivity (Wildman–Crippen MR) is 87.1 cm³/mol. The van der Waals surface area contributed by atoms with E-state index >= 15 is 0 Å². The second kappa shape index (κ2) is 5.41. The van der Waals surface area contributed by atoms with Crippen LogP contribution in [0.1, 0.15) is 10.4 Å². The summed E-state index contributed by atoms with van der Waals surface area (Å²) in [5, 5.41) is 5.87. The van der Waals surface area contributed by atoms with Crippen LogP contribution in [0.3, 0.4) is 0 Å². The number of hydrogen-bond donors (Lipinski definition) is 3. The van der Waals surface area contributed by atoms with Gasteiger partial charge in [0, 0.05) is 18.4 Å². The van der Waals surface area contributed by atoms with E-state index in [0.717, 1.165) is 15.9 Å². The summed E-state index contributed by atoms with van der Waals surface area (Å²) in [6, 6.07) is 11.0. The summed E-state index contributed by atoms with van der Waals surface area (Å²) in [6.45, 7) is 0. The molecule has 0 atom stereocenters. The molecular weight excluding hydrogens is 284 g/mol. The minimum atomic E-state index is -0.156. The fourth-order valence-corrected chi connectivity index (χ4v) is 2.80. The highest BCUT2D eigenvalue weighted by atomic mass is 32.1. The number of carbonyl (C=O) groups is 1. The van der Waals surface area contributed by atoms with E-state index in [1.54, 1.807) is 36.6 Å². The van der Waals surface area contributed by atoms with Gasteiger partial charge in [-0.25, -0.2) is 4.98 Å². The topological polar surface area (TPSA) is 80.0 Å². The van der Waals surface area contributed by atoms with E-state index in [-0.39, 0.29) is 5.91 Å². The number of nitrogens with two attached hydrogens (primary N) is 1. The maximum atomic E-state index is 11.9. The summed E-state index contributed by atoms with van der Waals surface area (Å²) in [6.07, 6.45) is 0. The Labute approximate surface area is 125 Å². The highest BCUT2D eigenvalue weighted by molar-refractivity contribution is 7.16. The number of fused-ring (bicyclic) bond motifs is 1. The summed E-state index contributed by atoms with van der Waals surface area (Å²) in [5.74, 6) is -0.156. The number of nitrogens with one attached hydrogen (secondary N) is 2. The molecule has 6 heteroatoms. The number of anilines is 3. The Bertz CT molecular complexity index is 812. The van der Waals surface area contributed by atoms with Gasteiger partial charge in [0.25, 0.3) is 5.91 Å². The van der Waals surface area contributed by atoms with Gasteiger partial charge in [-0.05, 0) is 36.4 Å². The molecule has 0 radical (unpaired) electrons. The van der Waals surface area contributed by atoms with Gasteiger partial charge in [0.05, 0.1) is 27.0 Å². The SMILES string of the molecule is CNC(=O)c1ccc(N)cc1Nc1ccc2ncsc2c1. The van der Waals surface area contributed by atoms with E-state index in [1.165, 1.54) is 0 Å². The van der Waals surface area contributed by atoms with Crippen molar-refractivity contribution in [2.24, 2.45) is 0 Å². The molecule has 0 saturated heterocycles. The molecule has 2 aromatic carbocycles. The van der Waals surface area contributed by atoms with Gasteiger partial charge in [-0.2, -0.15) is 0 Å². The van der Waals surface area contributed by atoms with Crippen molar-refractivity contribution in [1.82, 2.24) is 10.3 Å². The van der Waals surface area contributed by atoms with Crippen LogP contribution in [0.2, 0.25) is 0 Å². The van der Waals surface area contributed by atoms with Crippen molar-refractivity contribution >= 4 is 44.5 Å². The number of hydrogen-bond acceptors (Lipinski definition) is 5. The van der Waals surface area contributed by atoms with Crippen LogP contribution in [0.4, 0.5) is 17.1 Å². The average molecular weight is 298 g/mol. The number of nitrogen functional groups attached to an aromatic ring is 1. The predicted octanol–water partition coefficient (Wildman–Crippen LogP) is 2.98. The van der Waals surface area contributed by atoms with Crippen LogP contribution in [-0.2, 0) is 0 Å². The zero-order chi connectivity index (χ0) is 14.8. The molecule has 0 saturated carbocycles. The zero-order valence-electron chi connectivity index (χ0n) is 11.4. The maximum Gasteiger partial charge on any atom is 0.253 e. The fourth-order valence-electron chi connectivity index (χ4n) is 2.09. The molecule has 106 valence electrons. The molecule has 4 N–H and O–H groups in total. The molecule has 0 fully saturated rings. The Morgan fingerprint density at radius 3 is 2.90 bits per heavy atom. The molecule has 3 aromatic rings. The van der Waals surface area contributed by atoms with Gasteiger partial charge in [0.15, 0.2) is 0 Å². The number of benzene rings is 2. The van der Waals surface area contributed by atoms with Crippen molar-refractivity contribution in [3.63, 3.8) is 0 Å².